The van der Waals surface area contributed by atoms with Gasteiger partial charge in [0.2, 0.25) is 0 Å². The van der Waals surface area contributed by atoms with Crippen molar-refractivity contribution < 1.29 is 13.5 Å². The van der Waals surface area contributed by atoms with Crippen LogP contribution in [-0.4, -0.2) is 43.8 Å². The van der Waals surface area contributed by atoms with Crippen molar-refractivity contribution in [1.29, 1.82) is 0 Å². The van der Waals surface area contributed by atoms with E-state index < -0.39 is 11.6 Å². The van der Waals surface area contributed by atoms with Gasteiger partial charge in [0.25, 0.3) is 0 Å². The fraction of sp³-hybridized carbons (Fsp3) is 0.600. The van der Waals surface area contributed by atoms with Crippen LogP contribution >= 0.6 is 0 Å². The van der Waals surface area contributed by atoms with Crippen LogP contribution in [0.5, 0.6) is 0 Å². The molecule has 1 aromatic rings. The number of halogens is 2. The van der Waals surface area contributed by atoms with E-state index in [0.29, 0.717) is 12.1 Å². The second kappa shape index (κ2) is 7.11. The third-order valence-corrected chi connectivity index (χ3v) is 3.75. The lowest BCUT2D eigenvalue weighted by molar-refractivity contribution is -0.0262. The smallest absolute Gasteiger partial charge is 0.130 e. The molecule has 1 fully saturated rings. The zero-order valence-corrected chi connectivity index (χ0v) is 12.0. The van der Waals surface area contributed by atoms with Crippen LogP contribution in [0, 0.1) is 11.6 Å². The van der Waals surface area contributed by atoms with E-state index in [9.17, 15) is 8.78 Å². The molecule has 1 aliphatic rings. The maximum atomic E-state index is 13.7. The average Bonchev–Trinajstić information content (AvgIpc) is 2.45. The Morgan fingerprint density at radius 2 is 2.25 bits per heavy atom. The second-order valence-electron chi connectivity index (χ2n) is 5.18. The highest BCUT2D eigenvalue weighted by atomic mass is 19.1. The van der Waals surface area contributed by atoms with Gasteiger partial charge in [0.1, 0.15) is 11.6 Å². The first-order valence-electron chi connectivity index (χ1n) is 7.12. The number of ether oxygens (including phenoxy) is 1. The predicted octanol–water partition coefficient (Wildman–Crippen LogP) is 2.34. The number of nitrogens with one attached hydrogen (secondary N) is 1. The molecule has 0 saturated carbocycles. The lowest BCUT2D eigenvalue weighted by Gasteiger charge is -2.32. The van der Waals surface area contributed by atoms with Gasteiger partial charge >= 0.3 is 0 Å². The summed E-state index contributed by atoms with van der Waals surface area (Å²) >= 11 is 0. The van der Waals surface area contributed by atoms with Crippen LogP contribution in [-0.2, 0) is 4.74 Å². The predicted molar refractivity (Wildman–Crippen MR) is 74.6 cm³/mol. The molecule has 1 N–H and O–H groups in total. The summed E-state index contributed by atoms with van der Waals surface area (Å²) < 4.78 is 32.2. The number of nitrogens with zero attached hydrogens (tertiary/aromatic N) is 1. The molecular formula is C15H22F2N2O. The van der Waals surface area contributed by atoms with Crippen LogP contribution in [0.1, 0.15) is 25.5 Å². The average molecular weight is 284 g/mol. The fourth-order valence-electron chi connectivity index (χ4n) is 2.46. The monoisotopic (exact) mass is 284 g/mol. The van der Waals surface area contributed by atoms with Gasteiger partial charge in [-0.3, -0.25) is 4.90 Å². The SMILES string of the molecule is CCN1CCOC(CNC(C)c2ccc(F)cc2F)C1. The van der Waals surface area contributed by atoms with Gasteiger partial charge in [0.15, 0.2) is 0 Å². The number of rotatable bonds is 5. The summed E-state index contributed by atoms with van der Waals surface area (Å²) in [5.41, 5.74) is 0.481. The Bertz CT molecular complexity index is 442. The molecule has 3 nitrogen and oxygen atoms in total. The minimum absolute atomic E-state index is 0.120. The van der Waals surface area contributed by atoms with Gasteiger partial charge in [0.05, 0.1) is 12.7 Å². The van der Waals surface area contributed by atoms with Crippen LogP contribution < -0.4 is 5.32 Å². The second-order valence-corrected chi connectivity index (χ2v) is 5.18. The zero-order chi connectivity index (χ0) is 14.5. The summed E-state index contributed by atoms with van der Waals surface area (Å²) in [6.45, 7) is 8.27. The van der Waals surface area contributed by atoms with E-state index in [1.807, 2.05) is 6.92 Å². The van der Waals surface area contributed by atoms with E-state index in [0.717, 1.165) is 32.3 Å². The first kappa shape index (κ1) is 15.4. The standard InChI is InChI=1S/C15H22F2N2O/c1-3-19-6-7-20-13(10-19)9-18-11(2)14-5-4-12(16)8-15(14)17/h4-5,8,11,13,18H,3,6-7,9-10H2,1-2H3. The maximum absolute atomic E-state index is 13.7. The van der Waals surface area contributed by atoms with E-state index in [-0.39, 0.29) is 12.1 Å². The normalized spacial score (nSPS) is 21.9. The molecule has 0 aliphatic carbocycles. The molecule has 5 heteroatoms. The summed E-state index contributed by atoms with van der Waals surface area (Å²) in [4.78, 5) is 2.33. The molecular weight excluding hydrogens is 262 g/mol. The lowest BCUT2D eigenvalue weighted by atomic mass is 10.1. The quantitative estimate of drug-likeness (QED) is 0.898. The third kappa shape index (κ3) is 3.98. The van der Waals surface area contributed by atoms with Crippen molar-refractivity contribution in [3.05, 3.63) is 35.4 Å². The van der Waals surface area contributed by atoms with E-state index in [1.165, 1.54) is 12.1 Å². The van der Waals surface area contributed by atoms with Gasteiger partial charge in [-0.1, -0.05) is 13.0 Å². The van der Waals surface area contributed by atoms with Gasteiger partial charge in [-0.15, -0.1) is 0 Å². The van der Waals surface area contributed by atoms with Crippen molar-refractivity contribution in [2.45, 2.75) is 26.0 Å². The van der Waals surface area contributed by atoms with E-state index in [4.69, 9.17) is 4.74 Å². The molecule has 0 bridgehead atoms. The van der Waals surface area contributed by atoms with Crippen LogP contribution in [0.4, 0.5) is 8.78 Å². The number of likely N-dealkylation sites (N-methyl/N-ethyl adjacent to an activating group) is 1. The number of benzene rings is 1. The molecule has 20 heavy (non-hydrogen) atoms. The summed E-state index contributed by atoms with van der Waals surface area (Å²) in [6.07, 6.45) is 0.120. The van der Waals surface area contributed by atoms with Gasteiger partial charge in [-0.2, -0.15) is 0 Å². The highest BCUT2D eigenvalue weighted by Gasteiger charge is 2.20. The molecule has 2 unspecified atom stereocenters. The number of morpholine rings is 1. The van der Waals surface area contributed by atoms with Crippen LogP contribution in [0.15, 0.2) is 18.2 Å². The molecule has 2 atom stereocenters. The van der Waals surface area contributed by atoms with Crippen LogP contribution in [0.25, 0.3) is 0 Å². The minimum atomic E-state index is -0.548. The highest BCUT2D eigenvalue weighted by Crippen LogP contribution is 2.18. The minimum Gasteiger partial charge on any atom is -0.374 e. The summed E-state index contributed by atoms with van der Waals surface area (Å²) in [6, 6.07) is 3.52. The van der Waals surface area contributed by atoms with Crippen LogP contribution in [0.3, 0.4) is 0 Å². The Kier molecular flexibility index (Phi) is 5.46. The Balaban J connectivity index is 1.86. The molecule has 0 aromatic heterocycles. The van der Waals surface area contributed by atoms with Crippen molar-refractivity contribution in [1.82, 2.24) is 10.2 Å². The van der Waals surface area contributed by atoms with Crippen molar-refractivity contribution in [3.63, 3.8) is 0 Å². The first-order valence-corrected chi connectivity index (χ1v) is 7.12. The molecule has 1 aromatic carbocycles. The van der Waals surface area contributed by atoms with E-state index >= 15 is 0 Å². The molecule has 1 aliphatic heterocycles. The van der Waals surface area contributed by atoms with E-state index in [2.05, 4.69) is 17.1 Å². The maximum Gasteiger partial charge on any atom is 0.130 e. The first-order chi connectivity index (χ1) is 9.60. The molecule has 1 heterocycles. The largest absolute Gasteiger partial charge is 0.374 e. The summed E-state index contributed by atoms with van der Waals surface area (Å²) in [5, 5.41) is 3.26. The molecule has 0 spiro atoms. The van der Waals surface area contributed by atoms with Crippen molar-refractivity contribution in [2.24, 2.45) is 0 Å². The van der Waals surface area contributed by atoms with Gasteiger partial charge < -0.3 is 10.1 Å². The van der Waals surface area contributed by atoms with Crippen molar-refractivity contribution in [2.75, 3.05) is 32.8 Å². The van der Waals surface area contributed by atoms with Gasteiger partial charge in [-0.05, 0) is 19.5 Å². The Morgan fingerprint density at radius 3 is 2.95 bits per heavy atom. The Hall–Kier alpha value is -1.04. The summed E-state index contributed by atoms with van der Waals surface area (Å²) in [7, 11) is 0. The molecule has 2 rings (SSSR count). The highest BCUT2D eigenvalue weighted by molar-refractivity contribution is 5.21. The Labute approximate surface area is 118 Å². The molecule has 0 radical (unpaired) electrons. The van der Waals surface area contributed by atoms with Gasteiger partial charge in [0, 0.05) is 37.3 Å². The van der Waals surface area contributed by atoms with Crippen LogP contribution in [0.2, 0.25) is 0 Å². The third-order valence-electron chi connectivity index (χ3n) is 3.75. The number of hydrogen-bond acceptors (Lipinski definition) is 3. The molecule has 0 amide bonds. The zero-order valence-electron chi connectivity index (χ0n) is 12.0. The van der Waals surface area contributed by atoms with Crippen molar-refractivity contribution in [3.8, 4) is 0 Å². The fourth-order valence-corrected chi connectivity index (χ4v) is 2.46. The molecule has 112 valence electrons. The van der Waals surface area contributed by atoms with Gasteiger partial charge in [-0.25, -0.2) is 8.78 Å². The topological polar surface area (TPSA) is 24.5 Å². The van der Waals surface area contributed by atoms with E-state index in [1.54, 1.807) is 0 Å². The number of hydrogen-bond donors (Lipinski definition) is 1. The summed E-state index contributed by atoms with van der Waals surface area (Å²) in [5.74, 6) is -1.06. The Morgan fingerprint density at radius 1 is 1.45 bits per heavy atom. The lowest BCUT2D eigenvalue weighted by Crippen LogP contribution is -2.46. The molecule has 1 saturated heterocycles. The van der Waals surface area contributed by atoms with Crippen molar-refractivity contribution >= 4 is 0 Å².